The Morgan fingerprint density at radius 2 is 1.70 bits per heavy atom. The van der Waals surface area contributed by atoms with Gasteiger partial charge in [-0.05, 0) is 80.6 Å². The number of carbonyl (C=O) groups excluding carboxylic acids is 1. The zero-order valence-corrected chi connectivity index (χ0v) is 32.6. The molecule has 1 atom stereocenters. The molecule has 2 aromatic heterocycles. The monoisotopic (exact) mass is 781 g/mol. The number of benzene rings is 3. The number of nitrogens with one attached hydrogen (secondary N) is 2. The average Bonchev–Trinajstić information content (AvgIpc) is 3.62. The van der Waals surface area contributed by atoms with Crippen LogP contribution in [0.2, 0.25) is 5.02 Å². The molecule has 0 spiro atoms. The van der Waals surface area contributed by atoms with E-state index in [2.05, 4.69) is 32.0 Å². The Morgan fingerprint density at radius 3 is 2.43 bits per heavy atom. The van der Waals surface area contributed by atoms with E-state index in [0.717, 1.165) is 33.5 Å². The van der Waals surface area contributed by atoms with E-state index in [0.29, 0.717) is 38.9 Å². The van der Waals surface area contributed by atoms with Crippen LogP contribution < -0.4 is 20.1 Å². The smallest absolute Gasteiger partial charge is 0.407 e. The van der Waals surface area contributed by atoms with Gasteiger partial charge in [0, 0.05) is 42.7 Å². The number of halogens is 1. The van der Waals surface area contributed by atoms with Crippen molar-refractivity contribution in [1.82, 2.24) is 30.6 Å². The van der Waals surface area contributed by atoms with Crippen LogP contribution in [0.25, 0.3) is 16.8 Å². The van der Waals surface area contributed by atoms with E-state index in [9.17, 15) is 20.0 Å². The zero-order chi connectivity index (χ0) is 40.4. The molecule has 0 fully saturated rings. The molecule has 56 heavy (non-hydrogen) atoms. The van der Waals surface area contributed by atoms with Crippen molar-refractivity contribution in [2.75, 3.05) is 6.54 Å². The molecule has 1 unspecified atom stereocenters. The molecule has 14 nitrogen and oxygen atoms in total. The maximum absolute atomic E-state index is 12.1. The van der Waals surface area contributed by atoms with Crippen LogP contribution in [-0.4, -0.2) is 60.5 Å². The molecule has 2 heterocycles. The van der Waals surface area contributed by atoms with Crippen LogP contribution in [0.15, 0.2) is 73.2 Å². The van der Waals surface area contributed by atoms with E-state index >= 15 is 0 Å². The van der Waals surface area contributed by atoms with Gasteiger partial charge in [-0.2, -0.15) is 5.26 Å². The summed E-state index contributed by atoms with van der Waals surface area (Å²) in [6.45, 7) is 10.2. The van der Waals surface area contributed by atoms with Crippen LogP contribution in [0.3, 0.4) is 0 Å². The summed E-state index contributed by atoms with van der Waals surface area (Å²) in [4.78, 5) is 27.2. The molecule has 292 valence electrons. The van der Waals surface area contributed by atoms with Gasteiger partial charge in [0.15, 0.2) is 0 Å². The number of carbonyl (C=O) groups is 2. The molecule has 0 saturated carbocycles. The van der Waals surface area contributed by atoms with Gasteiger partial charge in [-0.15, -0.1) is 5.10 Å². The van der Waals surface area contributed by atoms with Gasteiger partial charge in [0.2, 0.25) is 0 Å². The van der Waals surface area contributed by atoms with Gasteiger partial charge < -0.3 is 35.1 Å². The highest BCUT2D eigenvalue weighted by molar-refractivity contribution is 6.32. The summed E-state index contributed by atoms with van der Waals surface area (Å²) in [6.07, 6.45) is 2.85. The fourth-order valence-electron chi connectivity index (χ4n) is 5.82. The van der Waals surface area contributed by atoms with E-state index in [4.69, 9.17) is 30.9 Å². The number of alkyl carbamates (subject to hydrolysis) is 1. The maximum Gasteiger partial charge on any atom is 0.407 e. The fourth-order valence-corrected chi connectivity index (χ4v) is 6.06. The largest absolute Gasteiger partial charge is 0.488 e. The number of pyridine rings is 1. The number of nitriles is 1. The minimum absolute atomic E-state index is 0.0426. The molecule has 15 heteroatoms. The minimum Gasteiger partial charge on any atom is -0.488 e. The van der Waals surface area contributed by atoms with Gasteiger partial charge in [0.1, 0.15) is 42.1 Å². The molecule has 0 saturated heterocycles. The molecule has 0 aliphatic heterocycles. The highest BCUT2D eigenvalue weighted by Gasteiger charge is 2.18. The number of aliphatic hydroxyl groups is 1. The molecule has 0 radical (unpaired) electrons. The predicted molar refractivity (Wildman–Crippen MR) is 208 cm³/mol. The summed E-state index contributed by atoms with van der Waals surface area (Å²) in [5.41, 5.74) is 7.46. The molecule has 1 amide bonds. The van der Waals surface area contributed by atoms with Crippen molar-refractivity contribution in [1.29, 1.82) is 5.26 Å². The van der Waals surface area contributed by atoms with Crippen LogP contribution >= 0.6 is 11.6 Å². The maximum atomic E-state index is 12.1. The van der Waals surface area contributed by atoms with Gasteiger partial charge >= 0.3 is 12.1 Å². The van der Waals surface area contributed by atoms with Gasteiger partial charge in [0.25, 0.3) is 0 Å². The van der Waals surface area contributed by atoms with E-state index in [1.807, 2.05) is 50.2 Å². The quantitative estimate of drug-likeness (QED) is 0.0842. The number of amides is 1. The second-order valence-electron chi connectivity index (χ2n) is 14.1. The third-order valence-electron chi connectivity index (χ3n) is 8.56. The topological polar surface area (TPSA) is 194 Å². The second-order valence-corrected chi connectivity index (χ2v) is 14.5. The Morgan fingerprint density at radius 1 is 0.964 bits per heavy atom. The van der Waals surface area contributed by atoms with E-state index in [1.54, 1.807) is 56.0 Å². The molecular formula is C41H44ClN7O7. The number of aliphatic hydroxyl groups excluding tert-OH is 1. The summed E-state index contributed by atoms with van der Waals surface area (Å²) in [7, 11) is 0. The molecule has 0 aliphatic rings. The third kappa shape index (κ3) is 11.3. The summed E-state index contributed by atoms with van der Waals surface area (Å²) in [5.74, 6) is -0.272. The molecule has 4 N–H and O–H groups in total. The first kappa shape index (κ1) is 41.2. The highest BCUT2D eigenvalue weighted by Crippen LogP contribution is 2.36. The number of aliphatic carboxylic acids is 1. The van der Waals surface area contributed by atoms with Crippen LogP contribution in [-0.2, 0) is 35.8 Å². The van der Waals surface area contributed by atoms with Crippen molar-refractivity contribution in [2.24, 2.45) is 0 Å². The Bertz CT molecular complexity index is 2230. The van der Waals surface area contributed by atoms with Crippen molar-refractivity contribution >= 4 is 23.7 Å². The van der Waals surface area contributed by atoms with Crippen LogP contribution in [0.5, 0.6) is 11.5 Å². The van der Waals surface area contributed by atoms with Crippen LogP contribution in [0.4, 0.5) is 4.79 Å². The summed E-state index contributed by atoms with van der Waals surface area (Å²) >= 11 is 6.74. The van der Waals surface area contributed by atoms with Gasteiger partial charge in [-0.3, -0.25) is 9.78 Å². The van der Waals surface area contributed by atoms with Crippen LogP contribution in [0, 0.1) is 25.2 Å². The second kappa shape index (κ2) is 18.5. The number of nitrogens with zero attached hydrogens (tertiary/aromatic N) is 5. The lowest BCUT2D eigenvalue weighted by molar-refractivity contribution is -0.139. The first-order valence-corrected chi connectivity index (χ1v) is 18.2. The number of aromatic nitrogens is 4. The standard InChI is InChI=1S/C41H44ClN7O7/c1-25-29(8-6-9-33(25)34-10-7-11-36(26(34)2)49-22-31(47-48-49)20-46-40(53)56-41(3,4)5)24-55-38-15-37(54-23-28-12-27(16-43)17-44-18-28)30(13-35(38)42)19-45-21-32(50)14-39(51)52/h6-13,15,17-18,22,32,45,50H,14,19-21,23-24H2,1-5H3,(H,46,53)(H,51,52). The lowest BCUT2D eigenvalue weighted by Crippen LogP contribution is -2.32. The van der Waals surface area contributed by atoms with Gasteiger partial charge in [0.05, 0.1) is 41.5 Å². The lowest BCUT2D eigenvalue weighted by atomic mass is 9.93. The lowest BCUT2D eigenvalue weighted by Gasteiger charge is -2.19. The van der Waals surface area contributed by atoms with Crippen molar-refractivity contribution in [3.8, 4) is 34.4 Å². The molecule has 3 aromatic carbocycles. The highest BCUT2D eigenvalue weighted by atomic mass is 35.5. The zero-order valence-electron chi connectivity index (χ0n) is 31.8. The van der Waals surface area contributed by atoms with E-state index < -0.39 is 30.2 Å². The number of hydrogen-bond acceptors (Lipinski definition) is 11. The average molecular weight is 782 g/mol. The molecular weight excluding hydrogens is 738 g/mol. The van der Waals surface area contributed by atoms with E-state index in [-0.39, 0.29) is 32.8 Å². The Hall–Kier alpha value is -6.01. The number of rotatable bonds is 16. The van der Waals surface area contributed by atoms with Crippen LogP contribution in [0.1, 0.15) is 66.3 Å². The van der Waals surface area contributed by atoms with Crippen molar-refractivity contribution < 1.29 is 34.0 Å². The number of carboxylic acid groups (broad SMARTS) is 1. The summed E-state index contributed by atoms with van der Waals surface area (Å²) in [6, 6.07) is 19.1. The molecule has 5 aromatic rings. The van der Waals surface area contributed by atoms with E-state index in [1.165, 1.54) is 6.20 Å². The first-order chi connectivity index (χ1) is 26.7. The summed E-state index contributed by atoms with van der Waals surface area (Å²) < 4.78 is 19.5. The number of hydrogen-bond donors (Lipinski definition) is 4. The van der Waals surface area contributed by atoms with Crippen molar-refractivity contribution in [3.05, 3.63) is 117 Å². The van der Waals surface area contributed by atoms with Crippen molar-refractivity contribution in [3.63, 3.8) is 0 Å². The molecule has 5 rings (SSSR count). The van der Waals surface area contributed by atoms with Crippen molar-refractivity contribution in [2.45, 2.75) is 79.0 Å². The van der Waals surface area contributed by atoms with Gasteiger partial charge in [-0.25, -0.2) is 9.48 Å². The SMILES string of the molecule is Cc1c(COc2cc(OCc3cncc(C#N)c3)c(CNCC(O)CC(=O)O)cc2Cl)cccc1-c1cccc(-n2cc(CNC(=O)OC(C)(C)C)nn2)c1C. The Balaban J connectivity index is 1.33. The first-order valence-electron chi connectivity index (χ1n) is 17.8. The number of ether oxygens (including phenoxy) is 3. The number of carboxylic acids is 1. The normalized spacial score (nSPS) is 11.8. The van der Waals surface area contributed by atoms with Gasteiger partial charge in [-0.1, -0.05) is 47.1 Å². The Kier molecular flexibility index (Phi) is 13.6. The third-order valence-corrected chi connectivity index (χ3v) is 8.86. The molecule has 0 aliphatic carbocycles. The molecule has 0 bridgehead atoms. The minimum atomic E-state index is -1.10. The Labute approximate surface area is 330 Å². The summed E-state index contributed by atoms with van der Waals surface area (Å²) in [5, 5.41) is 42.9. The predicted octanol–water partition coefficient (Wildman–Crippen LogP) is 6.58. The fraction of sp³-hybridized carbons (Fsp3) is 0.317.